The number of benzene rings is 1. The molecule has 0 atom stereocenters. The standard InChI is InChI=1S/C14H12Cl2N4/c15-11-5-4-10(12(16)6-11)8-20-14(9-2-1-3-9)13(7-17)18-19-20/h4-6,9H,1-3,8H2. The zero-order valence-corrected chi connectivity index (χ0v) is 12.2. The van der Waals surface area contributed by atoms with Crippen LogP contribution >= 0.6 is 23.2 Å². The Morgan fingerprint density at radius 1 is 1.35 bits per heavy atom. The second-order valence-corrected chi connectivity index (χ2v) is 5.80. The number of hydrogen-bond acceptors (Lipinski definition) is 3. The van der Waals surface area contributed by atoms with Gasteiger partial charge in [-0.15, -0.1) is 5.10 Å². The lowest BCUT2D eigenvalue weighted by Crippen LogP contribution is -2.17. The van der Waals surface area contributed by atoms with Crippen molar-refractivity contribution < 1.29 is 0 Å². The minimum absolute atomic E-state index is 0.394. The SMILES string of the molecule is N#Cc1nnn(Cc2ccc(Cl)cc2Cl)c1C1CCC1. The molecule has 1 aliphatic rings. The van der Waals surface area contributed by atoms with Crippen molar-refractivity contribution >= 4 is 23.2 Å². The van der Waals surface area contributed by atoms with E-state index in [-0.39, 0.29) is 0 Å². The Morgan fingerprint density at radius 3 is 2.75 bits per heavy atom. The topological polar surface area (TPSA) is 54.5 Å². The Hall–Kier alpha value is -1.57. The third kappa shape index (κ3) is 2.39. The van der Waals surface area contributed by atoms with Crippen LogP contribution < -0.4 is 0 Å². The van der Waals surface area contributed by atoms with Gasteiger partial charge in [-0.2, -0.15) is 5.26 Å². The minimum atomic E-state index is 0.394. The zero-order chi connectivity index (χ0) is 14.1. The molecule has 0 unspecified atom stereocenters. The van der Waals surface area contributed by atoms with Crippen molar-refractivity contribution in [1.29, 1.82) is 5.26 Å². The lowest BCUT2D eigenvalue weighted by molar-refractivity contribution is 0.391. The summed E-state index contributed by atoms with van der Waals surface area (Å²) in [6, 6.07) is 7.52. The van der Waals surface area contributed by atoms with Crippen LogP contribution in [0.3, 0.4) is 0 Å². The highest BCUT2D eigenvalue weighted by atomic mass is 35.5. The van der Waals surface area contributed by atoms with Crippen molar-refractivity contribution in [3.8, 4) is 6.07 Å². The summed E-state index contributed by atoms with van der Waals surface area (Å²) in [7, 11) is 0. The predicted octanol–water partition coefficient (Wildman–Crippen LogP) is 3.77. The first-order valence-corrected chi connectivity index (χ1v) is 7.22. The van der Waals surface area contributed by atoms with Crippen LogP contribution in [-0.2, 0) is 6.54 Å². The van der Waals surface area contributed by atoms with Gasteiger partial charge in [-0.1, -0.05) is 40.9 Å². The molecule has 0 N–H and O–H groups in total. The first kappa shape index (κ1) is 13.4. The van der Waals surface area contributed by atoms with E-state index in [2.05, 4.69) is 16.4 Å². The summed E-state index contributed by atoms with van der Waals surface area (Å²) < 4.78 is 1.79. The van der Waals surface area contributed by atoms with Gasteiger partial charge in [0.1, 0.15) is 6.07 Å². The Labute approximate surface area is 126 Å². The Bertz CT molecular complexity index is 683. The molecule has 1 aliphatic carbocycles. The fourth-order valence-electron chi connectivity index (χ4n) is 2.41. The van der Waals surface area contributed by atoms with Crippen LogP contribution in [0.4, 0.5) is 0 Å². The van der Waals surface area contributed by atoms with Crippen LogP contribution in [0, 0.1) is 11.3 Å². The number of nitriles is 1. The summed E-state index contributed by atoms with van der Waals surface area (Å²) in [5.74, 6) is 0.394. The molecule has 102 valence electrons. The van der Waals surface area contributed by atoms with Crippen molar-refractivity contribution in [2.45, 2.75) is 31.7 Å². The molecule has 1 heterocycles. The summed E-state index contributed by atoms with van der Waals surface area (Å²) in [5, 5.41) is 18.4. The van der Waals surface area contributed by atoms with Crippen LogP contribution in [0.5, 0.6) is 0 Å². The monoisotopic (exact) mass is 306 g/mol. The highest BCUT2D eigenvalue weighted by molar-refractivity contribution is 6.35. The quantitative estimate of drug-likeness (QED) is 0.867. The maximum atomic E-state index is 9.15. The maximum Gasteiger partial charge on any atom is 0.186 e. The molecule has 20 heavy (non-hydrogen) atoms. The lowest BCUT2D eigenvalue weighted by atomic mass is 9.82. The van der Waals surface area contributed by atoms with Crippen LogP contribution in [0.1, 0.15) is 42.1 Å². The lowest BCUT2D eigenvalue weighted by Gasteiger charge is -2.25. The normalized spacial score (nSPS) is 14.8. The molecule has 6 heteroatoms. The fourth-order valence-corrected chi connectivity index (χ4v) is 2.88. The maximum absolute atomic E-state index is 9.15. The number of rotatable bonds is 3. The average molecular weight is 307 g/mol. The van der Waals surface area contributed by atoms with Gasteiger partial charge in [0, 0.05) is 16.0 Å². The van der Waals surface area contributed by atoms with Crippen LogP contribution in [-0.4, -0.2) is 15.0 Å². The van der Waals surface area contributed by atoms with Gasteiger partial charge in [-0.25, -0.2) is 4.68 Å². The van der Waals surface area contributed by atoms with E-state index < -0.39 is 0 Å². The molecule has 1 aromatic carbocycles. The second-order valence-electron chi connectivity index (χ2n) is 4.96. The van der Waals surface area contributed by atoms with E-state index in [1.54, 1.807) is 16.8 Å². The first-order chi connectivity index (χ1) is 9.69. The van der Waals surface area contributed by atoms with Crippen molar-refractivity contribution in [1.82, 2.24) is 15.0 Å². The van der Waals surface area contributed by atoms with E-state index in [1.807, 2.05) is 6.07 Å². The summed E-state index contributed by atoms with van der Waals surface area (Å²) in [6.07, 6.45) is 3.38. The molecule has 0 radical (unpaired) electrons. The number of hydrogen-bond donors (Lipinski definition) is 0. The third-order valence-electron chi connectivity index (χ3n) is 3.71. The van der Waals surface area contributed by atoms with E-state index in [1.165, 1.54) is 6.42 Å². The molecule has 1 saturated carbocycles. The summed E-state index contributed by atoms with van der Waals surface area (Å²) in [4.78, 5) is 0. The van der Waals surface area contributed by atoms with Crippen LogP contribution in [0.25, 0.3) is 0 Å². The fraction of sp³-hybridized carbons (Fsp3) is 0.357. The molecule has 0 aliphatic heterocycles. The second kappa shape index (κ2) is 5.43. The molecule has 0 saturated heterocycles. The molecule has 1 aromatic heterocycles. The van der Waals surface area contributed by atoms with Gasteiger partial charge in [-0.05, 0) is 30.5 Å². The Kier molecular flexibility index (Phi) is 3.64. The average Bonchev–Trinajstić information content (AvgIpc) is 2.74. The smallest absolute Gasteiger partial charge is 0.186 e. The summed E-state index contributed by atoms with van der Waals surface area (Å²) in [5.41, 5.74) is 2.29. The van der Waals surface area contributed by atoms with Gasteiger partial charge in [0.05, 0.1) is 12.2 Å². The zero-order valence-electron chi connectivity index (χ0n) is 10.7. The van der Waals surface area contributed by atoms with Gasteiger partial charge in [-0.3, -0.25) is 0 Å². The molecule has 1 fully saturated rings. The van der Waals surface area contributed by atoms with Gasteiger partial charge in [0.2, 0.25) is 0 Å². The van der Waals surface area contributed by atoms with Gasteiger partial charge < -0.3 is 0 Å². The molecular weight excluding hydrogens is 295 g/mol. The van der Waals surface area contributed by atoms with Gasteiger partial charge >= 0.3 is 0 Å². The molecule has 2 aromatic rings. The third-order valence-corrected chi connectivity index (χ3v) is 4.29. The van der Waals surface area contributed by atoms with Crippen molar-refractivity contribution in [3.63, 3.8) is 0 Å². The highest BCUT2D eigenvalue weighted by Crippen LogP contribution is 2.37. The molecule has 0 bridgehead atoms. The van der Waals surface area contributed by atoms with Crippen molar-refractivity contribution in [2.24, 2.45) is 0 Å². The summed E-state index contributed by atoms with van der Waals surface area (Å²) >= 11 is 12.1. The van der Waals surface area contributed by atoms with Gasteiger partial charge in [0.25, 0.3) is 0 Å². The van der Waals surface area contributed by atoms with E-state index in [0.29, 0.717) is 28.2 Å². The van der Waals surface area contributed by atoms with Gasteiger partial charge in [0.15, 0.2) is 5.69 Å². The van der Waals surface area contributed by atoms with Crippen molar-refractivity contribution in [3.05, 3.63) is 45.2 Å². The minimum Gasteiger partial charge on any atom is -0.243 e. The Balaban J connectivity index is 1.94. The number of halogens is 2. The van der Waals surface area contributed by atoms with E-state index in [9.17, 15) is 0 Å². The molecule has 0 amide bonds. The Morgan fingerprint density at radius 2 is 2.15 bits per heavy atom. The molecule has 4 nitrogen and oxygen atoms in total. The van der Waals surface area contributed by atoms with Crippen LogP contribution in [0.2, 0.25) is 10.0 Å². The van der Waals surface area contributed by atoms with E-state index in [0.717, 1.165) is 24.1 Å². The number of nitrogens with zero attached hydrogens (tertiary/aromatic N) is 4. The largest absolute Gasteiger partial charge is 0.243 e. The van der Waals surface area contributed by atoms with Crippen molar-refractivity contribution in [2.75, 3.05) is 0 Å². The predicted molar refractivity (Wildman–Crippen MR) is 76.9 cm³/mol. The molecule has 3 rings (SSSR count). The van der Waals surface area contributed by atoms with E-state index >= 15 is 0 Å². The van der Waals surface area contributed by atoms with Crippen LogP contribution in [0.15, 0.2) is 18.2 Å². The highest BCUT2D eigenvalue weighted by Gasteiger charge is 2.27. The number of aromatic nitrogens is 3. The first-order valence-electron chi connectivity index (χ1n) is 6.46. The molecule has 0 spiro atoms. The van der Waals surface area contributed by atoms with E-state index in [4.69, 9.17) is 28.5 Å². The molecular formula is C14H12Cl2N4. The summed E-state index contributed by atoms with van der Waals surface area (Å²) in [6.45, 7) is 0.510.